The summed E-state index contributed by atoms with van der Waals surface area (Å²) in [7, 11) is 3.09. The molecular formula is C23H26N4O4S. The number of aromatic nitrogens is 1. The van der Waals surface area contributed by atoms with Crippen LogP contribution in [0, 0.1) is 5.92 Å². The van der Waals surface area contributed by atoms with E-state index in [2.05, 4.69) is 20.9 Å². The number of hydrogen-bond acceptors (Lipinski definition) is 6. The number of rotatable bonds is 6. The van der Waals surface area contributed by atoms with Crippen molar-refractivity contribution in [2.75, 3.05) is 30.2 Å². The summed E-state index contributed by atoms with van der Waals surface area (Å²) >= 11 is 1.43. The van der Waals surface area contributed by atoms with Gasteiger partial charge in [0, 0.05) is 17.7 Å². The van der Waals surface area contributed by atoms with Crippen LogP contribution in [0.1, 0.15) is 32.1 Å². The molecule has 1 aliphatic rings. The van der Waals surface area contributed by atoms with Crippen LogP contribution < -0.4 is 25.4 Å². The van der Waals surface area contributed by atoms with Gasteiger partial charge in [-0.05, 0) is 43.2 Å². The molecule has 3 amide bonds. The molecule has 0 saturated heterocycles. The van der Waals surface area contributed by atoms with E-state index < -0.39 is 6.03 Å². The minimum atomic E-state index is -0.419. The Morgan fingerprint density at radius 1 is 0.969 bits per heavy atom. The molecule has 0 aliphatic heterocycles. The van der Waals surface area contributed by atoms with E-state index in [4.69, 9.17) is 9.47 Å². The molecule has 32 heavy (non-hydrogen) atoms. The van der Waals surface area contributed by atoms with E-state index in [0.29, 0.717) is 33.5 Å². The van der Waals surface area contributed by atoms with Crippen LogP contribution in [0.5, 0.6) is 11.5 Å². The molecule has 3 N–H and O–H groups in total. The first-order chi connectivity index (χ1) is 15.6. The molecular weight excluding hydrogens is 428 g/mol. The summed E-state index contributed by atoms with van der Waals surface area (Å²) in [5.74, 6) is 1.25. The summed E-state index contributed by atoms with van der Waals surface area (Å²) < 4.78 is 11.4. The molecule has 2 aromatic carbocycles. The number of amides is 3. The zero-order chi connectivity index (χ0) is 22.5. The minimum absolute atomic E-state index is 0.0497. The van der Waals surface area contributed by atoms with E-state index in [1.165, 1.54) is 24.9 Å². The largest absolute Gasteiger partial charge is 0.497 e. The fourth-order valence-electron chi connectivity index (χ4n) is 3.83. The third kappa shape index (κ3) is 5.11. The van der Waals surface area contributed by atoms with Gasteiger partial charge in [0.2, 0.25) is 5.91 Å². The van der Waals surface area contributed by atoms with Gasteiger partial charge in [-0.3, -0.25) is 4.79 Å². The van der Waals surface area contributed by atoms with Crippen molar-refractivity contribution in [1.82, 2.24) is 4.98 Å². The topological polar surface area (TPSA) is 102 Å². The molecule has 1 saturated carbocycles. The van der Waals surface area contributed by atoms with Crippen LogP contribution in [0.3, 0.4) is 0 Å². The summed E-state index contributed by atoms with van der Waals surface area (Å²) in [6.45, 7) is 0. The fourth-order valence-corrected chi connectivity index (χ4v) is 4.68. The van der Waals surface area contributed by atoms with Crippen LogP contribution in [0.2, 0.25) is 0 Å². The highest BCUT2D eigenvalue weighted by atomic mass is 32.1. The van der Waals surface area contributed by atoms with Crippen molar-refractivity contribution >= 4 is 50.0 Å². The Kier molecular flexibility index (Phi) is 6.75. The molecule has 0 unspecified atom stereocenters. The molecule has 1 fully saturated rings. The van der Waals surface area contributed by atoms with Gasteiger partial charge >= 0.3 is 6.03 Å². The Bertz CT molecular complexity index is 1120. The zero-order valence-electron chi connectivity index (χ0n) is 18.1. The van der Waals surface area contributed by atoms with Gasteiger partial charge in [0.05, 0.1) is 30.1 Å². The Hall–Kier alpha value is -3.33. The number of thiazole rings is 1. The molecule has 3 aromatic rings. The molecule has 4 rings (SSSR count). The third-order valence-electron chi connectivity index (χ3n) is 5.51. The van der Waals surface area contributed by atoms with Gasteiger partial charge in [-0.1, -0.05) is 30.6 Å². The van der Waals surface area contributed by atoms with Crippen molar-refractivity contribution < 1.29 is 19.1 Å². The summed E-state index contributed by atoms with van der Waals surface area (Å²) in [5.41, 5.74) is 1.80. The summed E-state index contributed by atoms with van der Waals surface area (Å²) in [5, 5.41) is 9.12. The van der Waals surface area contributed by atoms with Crippen molar-refractivity contribution in [3.05, 3.63) is 36.4 Å². The summed E-state index contributed by atoms with van der Waals surface area (Å²) in [6.07, 6.45) is 5.31. The highest BCUT2D eigenvalue weighted by Gasteiger charge is 2.22. The zero-order valence-corrected chi connectivity index (χ0v) is 18.9. The molecule has 8 nitrogen and oxygen atoms in total. The van der Waals surface area contributed by atoms with Crippen molar-refractivity contribution in [3.8, 4) is 11.5 Å². The lowest BCUT2D eigenvalue weighted by Crippen LogP contribution is -2.24. The standard InChI is InChI=1S/C23H26N4O4S/c1-30-16-9-10-19(31-2)17(13-16)25-22(29)24-15-8-11-20-18(12-15)26-23(32-20)27-21(28)14-6-4-3-5-7-14/h8-14H,3-7H2,1-2H3,(H2,24,25,29)(H,26,27,28). The maximum atomic E-state index is 12.5. The number of carbonyl (C=O) groups is 2. The van der Waals surface area contributed by atoms with Gasteiger partial charge in [0.1, 0.15) is 11.5 Å². The van der Waals surface area contributed by atoms with Gasteiger partial charge in [0.25, 0.3) is 0 Å². The Morgan fingerprint density at radius 2 is 1.78 bits per heavy atom. The van der Waals surface area contributed by atoms with Crippen molar-refractivity contribution in [3.63, 3.8) is 0 Å². The number of fused-ring (bicyclic) bond motifs is 1. The number of anilines is 3. The van der Waals surface area contributed by atoms with Crippen molar-refractivity contribution in [2.24, 2.45) is 5.92 Å². The maximum Gasteiger partial charge on any atom is 0.323 e. The third-order valence-corrected chi connectivity index (χ3v) is 6.46. The maximum absolute atomic E-state index is 12.5. The number of nitrogens with one attached hydrogen (secondary N) is 3. The first kappa shape index (κ1) is 21.9. The van der Waals surface area contributed by atoms with Crippen LogP contribution in [-0.4, -0.2) is 31.1 Å². The van der Waals surface area contributed by atoms with E-state index in [1.807, 2.05) is 6.07 Å². The first-order valence-corrected chi connectivity index (χ1v) is 11.4. The van der Waals surface area contributed by atoms with Crippen LogP contribution in [0.25, 0.3) is 10.2 Å². The number of methoxy groups -OCH3 is 2. The van der Waals surface area contributed by atoms with Gasteiger partial charge in [-0.25, -0.2) is 9.78 Å². The number of benzene rings is 2. The second-order valence-electron chi connectivity index (χ2n) is 7.67. The number of nitrogens with zero attached hydrogens (tertiary/aromatic N) is 1. The van der Waals surface area contributed by atoms with Gasteiger partial charge in [-0.15, -0.1) is 0 Å². The quantitative estimate of drug-likeness (QED) is 0.458. The SMILES string of the molecule is COc1ccc(OC)c(NC(=O)Nc2ccc3sc(NC(=O)C4CCCCC4)nc3c2)c1. The van der Waals surface area contributed by atoms with Crippen LogP contribution in [-0.2, 0) is 4.79 Å². The van der Waals surface area contributed by atoms with E-state index in [-0.39, 0.29) is 11.8 Å². The predicted octanol–water partition coefficient (Wildman–Crippen LogP) is 5.48. The van der Waals surface area contributed by atoms with Crippen LogP contribution >= 0.6 is 11.3 Å². The van der Waals surface area contributed by atoms with Gasteiger partial charge in [-0.2, -0.15) is 0 Å². The number of carbonyl (C=O) groups excluding carboxylic acids is 2. The smallest absolute Gasteiger partial charge is 0.323 e. The second-order valence-corrected chi connectivity index (χ2v) is 8.70. The average molecular weight is 455 g/mol. The number of urea groups is 1. The van der Waals surface area contributed by atoms with Crippen molar-refractivity contribution in [1.29, 1.82) is 0 Å². The van der Waals surface area contributed by atoms with Crippen LogP contribution in [0.4, 0.5) is 21.3 Å². The molecule has 0 bridgehead atoms. The van der Waals surface area contributed by atoms with Gasteiger partial charge in [0.15, 0.2) is 5.13 Å². The van der Waals surface area contributed by atoms with E-state index in [0.717, 1.165) is 30.4 Å². The average Bonchev–Trinajstić information content (AvgIpc) is 3.21. The van der Waals surface area contributed by atoms with Crippen molar-refractivity contribution in [2.45, 2.75) is 32.1 Å². The van der Waals surface area contributed by atoms with E-state index in [1.54, 1.807) is 37.4 Å². The molecule has 0 spiro atoms. The first-order valence-electron chi connectivity index (χ1n) is 10.6. The predicted molar refractivity (Wildman–Crippen MR) is 127 cm³/mol. The van der Waals surface area contributed by atoms with E-state index in [9.17, 15) is 9.59 Å². The molecule has 1 aromatic heterocycles. The van der Waals surface area contributed by atoms with E-state index >= 15 is 0 Å². The van der Waals surface area contributed by atoms with Crippen LogP contribution in [0.15, 0.2) is 36.4 Å². The minimum Gasteiger partial charge on any atom is -0.497 e. The molecule has 1 heterocycles. The fraction of sp³-hybridized carbons (Fsp3) is 0.348. The lowest BCUT2D eigenvalue weighted by atomic mass is 9.89. The molecule has 9 heteroatoms. The Labute approximate surface area is 190 Å². The normalized spacial score (nSPS) is 14.1. The Morgan fingerprint density at radius 3 is 2.53 bits per heavy atom. The number of hydrogen-bond donors (Lipinski definition) is 3. The molecule has 1 aliphatic carbocycles. The van der Waals surface area contributed by atoms with Gasteiger partial charge < -0.3 is 25.4 Å². The molecule has 0 atom stereocenters. The number of ether oxygens (including phenoxy) is 2. The molecule has 168 valence electrons. The second kappa shape index (κ2) is 9.86. The lowest BCUT2D eigenvalue weighted by molar-refractivity contribution is -0.120. The highest BCUT2D eigenvalue weighted by Crippen LogP contribution is 2.31. The lowest BCUT2D eigenvalue weighted by Gasteiger charge is -2.19. The summed E-state index contributed by atoms with van der Waals surface area (Å²) in [6, 6.07) is 10.2. The highest BCUT2D eigenvalue weighted by molar-refractivity contribution is 7.22. The summed E-state index contributed by atoms with van der Waals surface area (Å²) in [4.78, 5) is 29.5. The Balaban J connectivity index is 1.42. The molecule has 0 radical (unpaired) electrons. The monoisotopic (exact) mass is 454 g/mol.